The Bertz CT molecular complexity index is 214. The van der Waals surface area contributed by atoms with E-state index in [2.05, 4.69) is 11.4 Å². The Hall–Kier alpha value is -0.630. The van der Waals surface area contributed by atoms with E-state index < -0.39 is 5.79 Å². The van der Waals surface area contributed by atoms with E-state index in [0.717, 1.165) is 19.4 Å². The molecular weight excluding hydrogens is 192 g/mol. The normalized spacial score (nSPS) is 24.7. The highest BCUT2D eigenvalue weighted by Crippen LogP contribution is 2.28. The topological polar surface area (TPSA) is 54.3 Å². The van der Waals surface area contributed by atoms with Gasteiger partial charge >= 0.3 is 0 Å². The van der Waals surface area contributed by atoms with Crippen LogP contribution in [0.15, 0.2) is 0 Å². The van der Waals surface area contributed by atoms with Crippen molar-refractivity contribution in [3.63, 3.8) is 0 Å². The van der Waals surface area contributed by atoms with E-state index >= 15 is 0 Å². The minimum atomic E-state index is -0.462. The van der Waals surface area contributed by atoms with Gasteiger partial charge in [0.1, 0.15) is 0 Å². The number of nitrogens with one attached hydrogen (secondary N) is 1. The van der Waals surface area contributed by atoms with Gasteiger partial charge in [0.25, 0.3) is 0 Å². The van der Waals surface area contributed by atoms with Crippen LogP contribution in [-0.4, -0.2) is 31.6 Å². The highest BCUT2D eigenvalue weighted by molar-refractivity contribution is 4.90. The van der Waals surface area contributed by atoms with Gasteiger partial charge in [-0.25, -0.2) is 0 Å². The first kappa shape index (κ1) is 12.4. The Morgan fingerprint density at radius 2 is 2.07 bits per heavy atom. The van der Waals surface area contributed by atoms with Gasteiger partial charge in [0, 0.05) is 38.6 Å². The number of nitrogens with zero attached hydrogens (tertiary/aromatic N) is 1. The predicted octanol–water partition coefficient (Wildman–Crippen LogP) is 1.42. The monoisotopic (exact) mass is 212 g/mol. The van der Waals surface area contributed by atoms with Crippen LogP contribution in [0.2, 0.25) is 0 Å². The minimum Gasteiger partial charge on any atom is -0.350 e. The molecule has 0 radical (unpaired) electrons. The maximum absolute atomic E-state index is 8.68. The van der Waals surface area contributed by atoms with Crippen molar-refractivity contribution in [2.24, 2.45) is 0 Å². The fourth-order valence-corrected chi connectivity index (χ4v) is 2.10. The summed E-state index contributed by atoms with van der Waals surface area (Å²) in [6, 6.07) is 2.38. The molecule has 1 heterocycles. The van der Waals surface area contributed by atoms with Crippen molar-refractivity contribution >= 4 is 0 Å². The van der Waals surface area contributed by atoms with Gasteiger partial charge in [-0.2, -0.15) is 5.26 Å². The summed E-state index contributed by atoms with van der Waals surface area (Å²) in [5, 5.41) is 12.0. The number of nitriles is 1. The number of piperidine rings is 1. The van der Waals surface area contributed by atoms with Crippen molar-refractivity contribution in [3.8, 4) is 6.07 Å². The van der Waals surface area contributed by atoms with Crippen LogP contribution in [0.3, 0.4) is 0 Å². The molecule has 0 spiro atoms. The first-order chi connectivity index (χ1) is 7.26. The Labute approximate surface area is 91.6 Å². The Morgan fingerprint density at radius 3 is 2.60 bits per heavy atom. The molecule has 1 fully saturated rings. The molecule has 0 aromatic rings. The summed E-state index contributed by atoms with van der Waals surface area (Å²) in [6.07, 6.45) is 2.14. The zero-order chi connectivity index (χ0) is 11.1. The van der Waals surface area contributed by atoms with Crippen molar-refractivity contribution in [2.45, 2.75) is 44.9 Å². The highest BCUT2D eigenvalue weighted by atomic mass is 16.7. The Balaban J connectivity index is 2.58. The van der Waals surface area contributed by atoms with Crippen LogP contribution in [0.4, 0.5) is 0 Å². The SMILES string of the molecule is CCOC1(OCC)CCNC(CC#N)C1. The second kappa shape index (κ2) is 6.06. The third-order valence-corrected chi connectivity index (χ3v) is 2.65. The van der Waals surface area contributed by atoms with E-state index in [0.29, 0.717) is 19.6 Å². The summed E-state index contributed by atoms with van der Waals surface area (Å²) in [4.78, 5) is 0. The molecule has 86 valence electrons. The van der Waals surface area contributed by atoms with Crippen molar-refractivity contribution in [3.05, 3.63) is 0 Å². The third-order valence-electron chi connectivity index (χ3n) is 2.65. The van der Waals surface area contributed by atoms with E-state index in [1.54, 1.807) is 0 Å². The maximum Gasteiger partial charge on any atom is 0.170 e. The van der Waals surface area contributed by atoms with E-state index in [1.807, 2.05) is 13.8 Å². The van der Waals surface area contributed by atoms with E-state index in [-0.39, 0.29) is 6.04 Å². The van der Waals surface area contributed by atoms with Crippen LogP contribution in [0, 0.1) is 11.3 Å². The molecule has 1 aliphatic heterocycles. The summed E-state index contributed by atoms with van der Waals surface area (Å²) in [6.45, 7) is 6.11. The van der Waals surface area contributed by atoms with E-state index in [4.69, 9.17) is 14.7 Å². The van der Waals surface area contributed by atoms with Crippen LogP contribution in [0.5, 0.6) is 0 Å². The lowest BCUT2D eigenvalue weighted by atomic mass is 9.96. The lowest BCUT2D eigenvalue weighted by molar-refractivity contribution is -0.249. The minimum absolute atomic E-state index is 0.196. The molecule has 1 atom stereocenters. The number of hydrogen-bond acceptors (Lipinski definition) is 4. The smallest absolute Gasteiger partial charge is 0.170 e. The first-order valence-electron chi connectivity index (χ1n) is 5.64. The van der Waals surface area contributed by atoms with Crippen LogP contribution in [0.25, 0.3) is 0 Å². The Morgan fingerprint density at radius 1 is 1.40 bits per heavy atom. The molecule has 0 aliphatic carbocycles. The zero-order valence-corrected chi connectivity index (χ0v) is 9.58. The van der Waals surface area contributed by atoms with Gasteiger partial charge in [-0.15, -0.1) is 0 Å². The largest absolute Gasteiger partial charge is 0.350 e. The van der Waals surface area contributed by atoms with E-state index in [9.17, 15) is 0 Å². The number of ether oxygens (including phenoxy) is 2. The quantitative estimate of drug-likeness (QED) is 0.700. The molecule has 1 rings (SSSR count). The zero-order valence-electron chi connectivity index (χ0n) is 9.58. The molecule has 0 amide bonds. The molecule has 15 heavy (non-hydrogen) atoms. The second-order valence-electron chi connectivity index (χ2n) is 3.74. The predicted molar refractivity (Wildman–Crippen MR) is 57.2 cm³/mol. The second-order valence-corrected chi connectivity index (χ2v) is 3.74. The number of rotatable bonds is 5. The maximum atomic E-state index is 8.68. The average Bonchev–Trinajstić information content (AvgIpc) is 2.19. The fraction of sp³-hybridized carbons (Fsp3) is 0.909. The fourth-order valence-electron chi connectivity index (χ4n) is 2.10. The van der Waals surface area contributed by atoms with Gasteiger partial charge in [-0.1, -0.05) is 0 Å². The Kier molecular flexibility index (Phi) is 5.03. The van der Waals surface area contributed by atoms with Crippen molar-refractivity contribution in [1.29, 1.82) is 5.26 Å². The van der Waals surface area contributed by atoms with E-state index in [1.165, 1.54) is 0 Å². The van der Waals surface area contributed by atoms with Gasteiger partial charge in [-0.3, -0.25) is 0 Å². The summed E-state index contributed by atoms with van der Waals surface area (Å²) >= 11 is 0. The summed E-state index contributed by atoms with van der Waals surface area (Å²) in [5.41, 5.74) is 0. The molecule has 4 heteroatoms. The first-order valence-corrected chi connectivity index (χ1v) is 5.64. The lowest BCUT2D eigenvalue weighted by Crippen LogP contribution is -2.51. The summed E-state index contributed by atoms with van der Waals surface area (Å²) in [7, 11) is 0. The molecule has 0 aromatic heterocycles. The van der Waals surface area contributed by atoms with Crippen molar-refractivity contribution in [2.75, 3.05) is 19.8 Å². The molecule has 1 N–H and O–H groups in total. The lowest BCUT2D eigenvalue weighted by Gasteiger charge is -2.40. The average molecular weight is 212 g/mol. The van der Waals surface area contributed by atoms with Gasteiger partial charge in [0.05, 0.1) is 12.5 Å². The van der Waals surface area contributed by atoms with Gasteiger partial charge in [0.15, 0.2) is 5.79 Å². The molecule has 0 bridgehead atoms. The standard InChI is InChI=1S/C11H20N2O2/c1-3-14-11(15-4-2)6-8-13-10(9-11)5-7-12/h10,13H,3-6,8-9H2,1-2H3. The van der Waals surface area contributed by atoms with Gasteiger partial charge < -0.3 is 14.8 Å². The van der Waals surface area contributed by atoms with Crippen LogP contribution < -0.4 is 5.32 Å². The molecule has 1 aliphatic rings. The third kappa shape index (κ3) is 3.45. The number of hydrogen-bond donors (Lipinski definition) is 1. The van der Waals surface area contributed by atoms with Crippen LogP contribution in [-0.2, 0) is 9.47 Å². The van der Waals surface area contributed by atoms with Gasteiger partial charge in [0.2, 0.25) is 0 Å². The summed E-state index contributed by atoms with van der Waals surface area (Å²) < 4.78 is 11.4. The molecule has 4 nitrogen and oxygen atoms in total. The van der Waals surface area contributed by atoms with Crippen LogP contribution >= 0.6 is 0 Å². The molecule has 0 saturated carbocycles. The summed E-state index contributed by atoms with van der Waals surface area (Å²) in [5.74, 6) is -0.462. The van der Waals surface area contributed by atoms with Crippen molar-refractivity contribution in [1.82, 2.24) is 5.32 Å². The van der Waals surface area contributed by atoms with Crippen molar-refractivity contribution < 1.29 is 9.47 Å². The highest BCUT2D eigenvalue weighted by Gasteiger charge is 2.37. The molecular formula is C11H20N2O2. The van der Waals surface area contributed by atoms with Crippen LogP contribution in [0.1, 0.15) is 33.1 Å². The molecule has 0 aromatic carbocycles. The molecule has 1 saturated heterocycles. The molecule has 1 unspecified atom stereocenters. The van der Waals surface area contributed by atoms with Gasteiger partial charge in [-0.05, 0) is 13.8 Å².